The van der Waals surface area contributed by atoms with Gasteiger partial charge in [-0.3, -0.25) is 10.1 Å². The fraction of sp³-hybridized carbons (Fsp3) is 0.538. The van der Waals surface area contributed by atoms with Gasteiger partial charge in [-0.1, -0.05) is 19.1 Å². The summed E-state index contributed by atoms with van der Waals surface area (Å²) in [6, 6.07) is 6.34. The molecule has 0 N–H and O–H groups in total. The van der Waals surface area contributed by atoms with Crippen LogP contribution in [0, 0.1) is 10.1 Å². The fourth-order valence-electron chi connectivity index (χ4n) is 1.98. The van der Waals surface area contributed by atoms with Gasteiger partial charge >= 0.3 is 5.69 Å². The molecule has 0 radical (unpaired) electrons. The molecule has 3 unspecified atom stereocenters. The van der Waals surface area contributed by atoms with Crippen LogP contribution in [-0.4, -0.2) is 29.1 Å². The molecule has 1 aliphatic carbocycles. The molecule has 19 heavy (non-hydrogen) atoms. The molecule has 1 aromatic carbocycles. The van der Waals surface area contributed by atoms with Crippen molar-refractivity contribution < 1.29 is 14.4 Å². The minimum absolute atomic E-state index is 0.0326. The van der Waals surface area contributed by atoms with Crippen molar-refractivity contribution in [2.45, 2.75) is 37.4 Å². The summed E-state index contributed by atoms with van der Waals surface area (Å²) in [5.41, 5.74) is -0.0326. The molecule has 6 heteroatoms. The van der Waals surface area contributed by atoms with E-state index in [0.29, 0.717) is 13.0 Å². The Morgan fingerprint density at radius 3 is 2.84 bits per heavy atom. The number of hydrogen-bond acceptors (Lipinski definition) is 4. The van der Waals surface area contributed by atoms with Crippen molar-refractivity contribution in [2.75, 3.05) is 6.61 Å². The predicted molar refractivity (Wildman–Crippen MR) is 71.8 cm³/mol. The van der Waals surface area contributed by atoms with Crippen molar-refractivity contribution in [1.82, 2.24) is 0 Å². The standard InChI is InChI=1S/C13H16ClNO4/c1-2-7-18-13-9(14)8-12(13)19-11-6-4-3-5-10(11)15(16)17/h3-6,9,12-13H,2,7-8H2,1H3. The van der Waals surface area contributed by atoms with Crippen molar-refractivity contribution >= 4 is 17.3 Å². The lowest BCUT2D eigenvalue weighted by atomic mass is 9.91. The van der Waals surface area contributed by atoms with Crippen molar-refractivity contribution in [3.8, 4) is 5.75 Å². The van der Waals surface area contributed by atoms with Gasteiger partial charge < -0.3 is 9.47 Å². The van der Waals surface area contributed by atoms with Crippen molar-refractivity contribution in [2.24, 2.45) is 0 Å². The first-order valence-corrected chi connectivity index (χ1v) is 6.73. The lowest BCUT2D eigenvalue weighted by molar-refractivity contribution is -0.386. The topological polar surface area (TPSA) is 61.6 Å². The Morgan fingerprint density at radius 1 is 1.47 bits per heavy atom. The van der Waals surface area contributed by atoms with Crippen LogP contribution in [0.2, 0.25) is 0 Å². The molecule has 0 bridgehead atoms. The molecule has 0 saturated heterocycles. The quantitative estimate of drug-likeness (QED) is 0.458. The summed E-state index contributed by atoms with van der Waals surface area (Å²) in [5.74, 6) is 0.270. The van der Waals surface area contributed by atoms with Crippen LogP contribution in [0.5, 0.6) is 5.75 Å². The minimum atomic E-state index is -0.450. The van der Waals surface area contributed by atoms with Gasteiger partial charge in [0.25, 0.3) is 0 Å². The number of nitro benzene ring substituents is 1. The number of para-hydroxylation sites is 2. The number of halogens is 1. The molecule has 0 spiro atoms. The highest BCUT2D eigenvalue weighted by Crippen LogP contribution is 2.36. The third kappa shape index (κ3) is 3.16. The van der Waals surface area contributed by atoms with E-state index < -0.39 is 4.92 Å². The molecule has 2 rings (SSSR count). The fourth-order valence-corrected chi connectivity index (χ4v) is 2.39. The molecule has 104 valence electrons. The third-order valence-corrected chi connectivity index (χ3v) is 3.46. The van der Waals surface area contributed by atoms with Gasteiger partial charge in [0.05, 0.1) is 10.3 Å². The number of rotatable bonds is 6. The zero-order valence-electron chi connectivity index (χ0n) is 10.6. The van der Waals surface area contributed by atoms with Gasteiger partial charge in [0.2, 0.25) is 0 Å². The Morgan fingerprint density at radius 2 is 2.21 bits per heavy atom. The molecular formula is C13H16ClNO4. The molecule has 1 fully saturated rings. The molecule has 0 heterocycles. The SMILES string of the molecule is CCCOC1C(Cl)CC1Oc1ccccc1[N+](=O)[O-]. The second kappa shape index (κ2) is 6.21. The second-order valence-electron chi connectivity index (χ2n) is 4.47. The molecular weight excluding hydrogens is 270 g/mol. The molecule has 3 atom stereocenters. The summed E-state index contributed by atoms with van der Waals surface area (Å²) >= 11 is 6.08. The van der Waals surface area contributed by atoms with Crippen LogP contribution in [0.3, 0.4) is 0 Å². The van der Waals surface area contributed by atoms with E-state index in [1.54, 1.807) is 18.2 Å². The lowest BCUT2D eigenvalue weighted by Crippen LogP contribution is -2.52. The van der Waals surface area contributed by atoms with E-state index in [1.807, 2.05) is 6.92 Å². The van der Waals surface area contributed by atoms with E-state index in [4.69, 9.17) is 21.1 Å². The summed E-state index contributed by atoms with van der Waals surface area (Å²) in [4.78, 5) is 10.4. The summed E-state index contributed by atoms with van der Waals surface area (Å²) in [6.07, 6.45) is 1.14. The van der Waals surface area contributed by atoms with Crippen LogP contribution in [0.25, 0.3) is 0 Å². The predicted octanol–water partition coefficient (Wildman–Crippen LogP) is 3.15. The van der Waals surface area contributed by atoms with Crippen molar-refractivity contribution in [3.63, 3.8) is 0 Å². The highest BCUT2D eigenvalue weighted by molar-refractivity contribution is 6.21. The van der Waals surface area contributed by atoms with Gasteiger partial charge in [-0.2, -0.15) is 0 Å². The van der Waals surface area contributed by atoms with Crippen LogP contribution in [0.1, 0.15) is 19.8 Å². The average molecular weight is 286 g/mol. The molecule has 0 amide bonds. The zero-order valence-corrected chi connectivity index (χ0v) is 11.4. The van der Waals surface area contributed by atoms with E-state index in [9.17, 15) is 10.1 Å². The monoisotopic (exact) mass is 285 g/mol. The number of alkyl halides is 1. The molecule has 1 saturated carbocycles. The number of benzene rings is 1. The van der Waals surface area contributed by atoms with Gasteiger partial charge in [-0.15, -0.1) is 11.6 Å². The molecule has 0 aliphatic heterocycles. The smallest absolute Gasteiger partial charge is 0.310 e. The van der Waals surface area contributed by atoms with Gasteiger partial charge in [0.1, 0.15) is 12.2 Å². The Hall–Kier alpha value is -1.33. The highest BCUT2D eigenvalue weighted by atomic mass is 35.5. The van der Waals surface area contributed by atoms with Crippen LogP contribution in [-0.2, 0) is 4.74 Å². The molecule has 1 aromatic rings. The van der Waals surface area contributed by atoms with Crippen LogP contribution in [0.15, 0.2) is 24.3 Å². The number of hydrogen-bond donors (Lipinski definition) is 0. The number of nitrogens with zero attached hydrogens (tertiary/aromatic N) is 1. The Bertz CT molecular complexity index is 454. The van der Waals surface area contributed by atoms with E-state index in [1.165, 1.54) is 6.07 Å². The Labute approximate surface area is 116 Å². The van der Waals surface area contributed by atoms with Gasteiger partial charge in [-0.25, -0.2) is 0 Å². The van der Waals surface area contributed by atoms with Gasteiger partial charge in [-0.05, 0) is 12.5 Å². The van der Waals surface area contributed by atoms with E-state index in [0.717, 1.165) is 6.42 Å². The maximum Gasteiger partial charge on any atom is 0.310 e. The third-order valence-electron chi connectivity index (χ3n) is 3.04. The Balaban J connectivity index is 2.03. The van der Waals surface area contributed by atoms with Crippen LogP contribution >= 0.6 is 11.6 Å². The molecule has 1 aliphatic rings. The first-order valence-electron chi connectivity index (χ1n) is 6.29. The molecule has 5 nitrogen and oxygen atoms in total. The number of nitro groups is 1. The maximum absolute atomic E-state index is 10.9. The van der Waals surface area contributed by atoms with Gasteiger partial charge in [0.15, 0.2) is 5.75 Å². The second-order valence-corrected chi connectivity index (χ2v) is 5.03. The van der Waals surface area contributed by atoms with E-state index in [-0.39, 0.29) is 29.0 Å². The maximum atomic E-state index is 10.9. The van der Waals surface area contributed by atoms with E-state index >= 15 is 0 Å². The minimum Gasteiger partial charge on any atom is -0.481 e. The first kappa shape index (κ1) is 14.1. The first-order chi connectivity index (χ1) is 9.13. The van der Waals surface area contributed by atoms with Crippen molar-refractivity contribution in [1.29, 1.82) is 0 Å². The van der Waals surface area contributed by atoms with Crippen molar-refractivity contribution in [3.05, 3.63) is 34.4 Å². The average Bonchev–Trinajstić information content (AvgIpc) is 2.39. The zero-order chi connectivity index (χ0) is 13.8. The summed E-state index contributed by atoms with van der Waals surface area (Å²) < 4.78 is 11.3. The molecule has 0 aromatic heterocycles. The van der Waals surface area contributed by atoms with Crippen LogP contribution < -0.4 is 4.74 Å². The van der Waals surface area contributed by atoms with Crippen LogP contribution in [0.4, 0.5) is 5.69 Å². The normalized spacial score (nSPS) is 25.7. The highest BCUT2D eigenvalue weighted by Gasteiger charge is 2.43. The number of ether oxygens (including phenoxy) is 2. The van der Waals surface area contributed by atoms with E-state index in [2.05, 4.69) is 0 Å². The summed E-state index contributed by atoms with van der Waals surface area (Å²) in [6.45, 7) is 2.63. The Kier molecular flexibility index (Phi) is 4.61. The summed E-state index contributed by atoms with van der Waals surface area (Å²) in [5, 5.41) is 10.8. The largest absolute Gasteiger partial charge is 0.481 e. The lowest BCUT2D eigenvalue weighted by Gasteiger charge is -2.40. The summed E-state index contributed by atoms with van der Waals surface area (Å²) in [7, 11) is 0. The van der Waals surface area contributed by atoms with Gasteiger partial charge in [0, 0.05) is 19.1 Å².